The summed E-state index contributed by atoms with van der Waals surface area (Å²) in [4.78, 5) is 29.4. The molecule has 2 atom stereocenters. The molecule has 2 heterocycles. The highest BCUT2D eigenvalue weighted by Gasteiger charge is 2.39. The van der Waals surface area contributed by atoms with Gasteiger partial charge >= 0.3 is 0 Å². The van der Waals surface area contributed by atoms with Gasteiger partial charge in [-0.3, -0.25) is 9.59 Å². The fourth-order valence-electron chi connectivity index (χ4n) is 4.01. The second-order valence-corrected chi connectivity index (χ2v) is 9.16. The monoisotopic (exact) mass is 470 g/mol. The molecule has 34 heavy (non-hydrogen) atoms. The van der Waals surface area contributed by atoms with E-state index in [1.807, 2.05) is 60.7 Å². The van der Waals surface area contributed by atoms with Crippen molar-refractivity contribution in [1.29, 1.82) is 0 Å². The van der Waals surface area contributed by atoms with Gasteiger partial charge in [-0.25, -0.2) is 5.01 Å². The Morgan fingerprint density at radius 1 is 1.00 bits per heavy atom. The molecule has 3 aromatic rings. The largest absolute Gasteiger partial charge is 0.508 e. The van der Waals surface area contributed by atoms with Crippen molar-refractivity contribution < 1.29 is 14.7 Å². The number of aromatic hydroxyl groups is 1. The van der Waals surface area contributed by atoms with E-state index in [1.165, 1.54) is 11.8 Å². The van der Waals surface area contributed by atoms with Crippen LogP contribution >= 0.6 is 11.8 Å². The van der Waals surface area contributed by atoms with E-state index >= 15 is 0 Å². The molecule has 0 spiro atoms. The van der Waals surface area contributed by atoms with Gasteiger partial charge in [-0.15, -0.1) is 0 Å². The molecule has 0 radical (unpaired) electrons. The molecule has 2 unspecified atom stereocenters. The van der Waals surface area contributed by atoms with E-state index in [9.17, 15) is 14.7 Å². The molecule has 2 amide bonds. The van der Waals surface area contributed by atoms with Gasteiger partial charge in [0.25, 0.3) is 5.91 Å². The number of aliphatic imine (C=N–C) groups is 1. The van der Waals surface area contributed by atoms with Crippen LogP contribution in [0.5, 0.6) is 5.75 Å². The van der Waals surface area contributed by atoms with E-state index in [2.05, 4.69) is 10.3 Å². The summed E-state index contributed by atoms with van der Waals surface area (Å²) in [6, 6.07) is 25.7. The average molecular weight is 471 g/mol. The number of nitrogens with zero attached hydrogens (tertiary/aromatic N) is 3. The number of phenols is 1. The van der Waals surface area contributed by atoms with E-state index in [-0.39, 0.29) is 30.0 Å². The number of hydrazone groups is 1. The molecular weight excluding hydrogens is 448 g/mol. The minimum absolute atomic E-state index is 0.00967. The Hall–Kier alpha value is -3.91. The number of nitrogens with one attached hydrogen (secondary N) is 1. The maximum absolute atomic E-state index is 12.7. The highest BCUT2D eigenvalue weighted by atomic mass is 32.2. The molecule has 2 N–H and O–H groups in total. The van der Waals surface area contributed by atoms with Gasteiger partial charge in [0.1, 0.15) is 11.0 Å². The Morgan fingerprint density at radius 3 is 2.41 bits per heavy atom. The number of amides is 2. The highest BCUT2D eigenvalue weighted by molar-refractivity contribution is 8.15. The van der Waals surface area contributed by atoms with Crippen molar-refractivity contribution in [3.8, 4) is 5.75 Å². The Bertz CT molecular complexity index is 1280. The highest BCUT2D eigenvalue weighted by Crippen LogP contribution is 2.41. The van der Waals surface area contributed by atoms with E-state index in [1.54, 1.807) is 29.3 Å². The predicted molar refractivity (Wildman–Crippen MR) is 134 cm³/mol. The third kappa shape index (κ3) is 4.58. The molecule has 0 bridgehead atoms. The van der Waals surface area contributed by atoms with Gasteiger partial charge in [-0.2, -0.15) is 10.1 Å². The molecule has 5 rings (SSSR count). The third-order valence-electron chi connectivity index (χ3n) is 5.67. The first-order valence-corrected chi connectivity index (χ1v) is 11.8. The number of carbonyl (C=O) groups is 2. The quantitative estimate of drug-likeness (QED) is 0.570. The number of benzene rings is 3. The predicted octanol–water partition coefficient (Wildman–Crippen LogP) is 4.57. The second kappa shape index (κ2) is 9.52. The van der Waals surface area contributed by atoms with Crippen LogP contribution in [0.15, 0.2) is 95.0 Å². The summed E-state index contributed by atoms with van der Waals surface area (Å²) in [5.41, 5.74) is 3.20. The summed E-state index contributed by atoms with van der Waals surface area (Å²) in [7, 11) is 0. The zero-order valence-electron chi connectivity index (χ0n) is 18.2. The first-order valence-electron chi connectivity index (χ1n) is 10.9. The van der Waals surface area contributed by atoms with E-state index in [0.717, 1.165) is 11.3 Å². The average Bonchev–Trinajstić information content (AvgIpc) is 3.44. The molecular formula is C26H22N4O3S. The first kappa shape index (κ1) is 21.9. The Labute approximate surface area is 201 Å². The van der Waals surface area contributed by atoms with Crippen molar-refractivity contribution in [3.05, 3.63) is 96.1 Å². The number of anilines is 1. The summed E-state index contributed by atoms with van der Waals surface area (Å²) in [6.07, 6.45) is 0.560. The van der Waals surface area contributed by atoms with Crippen LogP contribution in [0, 0.1) is 0 Å². The minimum Gasteiger partial charge on any atom is -0.508 e. The lowest BCUT2D eigenvalue weighted by molar-refractivity contribution is -0.121. The molecule has 0 aliphatic carbocycles. The van der Waals surface area contributed by atoms with Gasteiger partial charge in [0.2, 0.25) is 5.91 Å². The molecule has 3 aromatic carbocycles. The van der Waals surface area contributed by atoms with Crippen LogP contribution in [0.4, 0.5) is 5.69 Å². The number of carbonyl (C=O) groups excluding carboxylic acids is 2. The molecule has 2 aliphatic heterocycles. The lowest BCUT2D eigenvalue weighted by atomic mass is 9.98. The molecule has 2 aliphatic rings. The van der Waals surface area contributed by atoms with E-state index in [0.29, 0.717) is 22.8 Å². The van der Waals surface area contributed by atoms with Gasteiger partial charge in [-0.1, -0.05) is 78.5 Å². The molecule has 0 saturated heterocycles. The summed E-state index contributed by atoms with van der Waals surface area (Å²) in [5, 5.41) is 19.6. The topological polar surface area (TPSA) is 94.4 Å². The van der Waals surface area contributed by atoms with Gasteiger partial charge in [0.15, 0.2) is 5.17 Å². The number of para-hydroxylation sites is 2. The molecule has 0 fully saturated rings. The number of hydrogen-bond acceptors (Lipinski definition) is 6. The number of thioether (sulfide) groups is 1. The van der Waals surface area contributed by atoms with Gasteiger partial charge in [0, 0.05) is 24.1 Å². The number of rotatable bonds is 5. The fourth-order valence-corrected chi connectivity index (χ4v) is 5.07. The van der Waals surface area contributed by atoms with Crippen LogP contribution < -0.4 is 5.32 Å². The summed E-state index contributed by atoms with van der Waals surface area (Å²) in [5.74, 6) is -0.445. The van der Waals surface area contributed by atoms with Gasteiger partial charge in [0.05, 0.1) is 11.8 Å². The summed E-state index contributed by atoms with van der Waals surface area (Å²) in [6.45, 7) is 0. The maximum atomic E-state index is 12.7. The summed E-state index contributed by atoms with van der Waals surface area (Å²) >= 11 is 1.23. The second-order valence-electron chi connectivity index (χ2n) is 7.99. The Balaban J connectivity index is 1.37. The van der Waals surface area contributed by atoms with Crippen LogP contribution in [-0.2, 0) is 9.59 Å². The van der Waals surface area contributed by atoms with E-state index in [4.69, 9.17) is 5.10 Å². The minimum atomic E-state index is -0.625. The fraction of sp³-hybridized carbons (Fsp3) is 0.154. The lowest BCUT2D eigenvalue weighted by Crippen LogP contribution is -2.25. The Kier molecular flexibility index (Phi) is 6.14. The lowest BCUT2D eigenvalue weighted by Gasteiger charge is -2.23. The normalized spacial score (nSPS) is 19.6. The smallest absolute Gasteiger partial charge is 0.262 e. The molecule has 0 saturated carbocycles. The standard InChI is InChI=1S/C26H22N4O3S/c31-22-14-8-7-13-19(22)21-15-20(17-9-3-1-4-10-17)29-30(21)26-28-25(33)23(34-26)16-24(32)27-18-11-5-2-6-12-18/h1-14,21,23,31H,15-16H2,(H,27,32). The van der Waals surface area contributed by atoms with Crippen molar-refractivity contribution in [3.63, 3.8) is 0 Å². The number of hydrogen-bond donors (Lipinski definition) is 2. The maximum Gasteiger partial charge on any atom is 0.262 e. The van der Waals surface area contributed by atoms with Gasteiger partial charge < -0.3 is 10.4 Å². The van der Waals surface area contributed by atoms with Crippen LogP contribution in [0.3, 0.4) is 0 Å². The molecule has 170 valence electrons. The van der Waals surface area contributed by atoms with Crippen LogP contribution in [0.1, 0.15) is 30.0 Å². The van der Waals surface area contributed by atoms with Crippen molar-refractivity contribution in [2.75, 3.05) is 5.32 Å². The molecule has 0 aromatic heterocycles. The van der Waals surface area contributed by atoms with Crippen molar-refractivity contribution in [2.24, 2.45) is 10.1 Å². The first-order chi connectivity index (χ1) is 16.6. The zero-order chi connectivity index (χ0) is 23.5. The molecule has 7 nitrogen and oxygen atoms in total. The third-order valence-corrected chi connectivity index (χ3v) is 6.81. The van der Waals surface area contributed by atoms with Crippen LogP contribution in [0.25, 0.3) is 0 Å². The SMILES string of the molecule is O=C(CC1SC(N2N=C(c3ccccc3)CC2c2ccccc2O)=NC1=O)Nc1ccccc1. The van der Waals surface area contributed by atoms with Crippen molar-refractivity contribution in [2.45, 2.75) is 24.1 Å². The summed E-state index contributed by atoms with van der Waals surface area (Å²) < 4.78 is 0. The van der Waals surface area contributed by atoms with E-state index < -0.39 is 5.25 Å². The van der Waals surface area contributed by atoms with Crippen LogP contribution in [0.2, 0.25) is 0 Å². The Morgan fingerprint density at radius 2 is 1.68 bits per heavy atom. The van der Waals surface area contributed by atoms with Crippen LogP contribution in [-0.4, -0.2) is 38.1 Å². The van der Waals surface area contributed by atoms with Crippen molar-refractivity contribution >= 4 is 40.1 Å². The van der Waals surface area contributed by atoms with Crippen molar-refractivity contribution in [1.82, 2.24) is 5.01 Å². The molecule has 8 heteroatoms. The van der Waals surface area contributed by atoms with Gasteiger partial charge in [-0.05, 0) is 23.8 Å². The number of amidine groups is 1. The zero-order valence-corrected chi connectivity index (χ0v) is 19.0. The number of phenolic OH excluding ortho intramolecular Hbond substituents is 1.